The molecule has 5 heterocycles. The van der Waals surface area contributed by atoms with E-state index in [9.17, 15) is 19.2 Å². The summed E-state index contributed by atoms with van der Waals surface area (Å²) in [5.41, 5.74) is 3.48. The molecular weight excluding hydrogens is 996 g/mol. The summed E-state index contributed by atoms with van der Waals surface area (Å²) < 4.78 is 17.4. The monoisotopic (exact) mass is 1030 g/mol. The van der Waals surface area contributed by atoms with Crippen LogP contribution in [0, 0.1) is 0 Å². The van der Waals surface area contributed by atoms with Crippen molar-refractivity contribution in [1.82, 2.24) is 14.7 Å². The van der Waals surface area contributed by atoms with Gasteiger partial charge in [0.05, 0.1) is 65.3 Å². The number of piperazine rings is 1. The van der Waals surface area contributed by atoms with Gasteiger partial charge in [0.1, 0.15) is 11.2 Å². The third-order valence-corrected chi connectivity index (χ3v) is 13.8. The number of morpholine rings is 1. The Hall–Kier alpha value is -4.67. The van der Waals surface area contributed by atoms with Gasteiger partial charge in [-0.1, -0.05) is 70.1 Å². The van der Waals surface area contributed by atoms with E-state index >= 15 is 0 Å². The summed E-state index contributed by atoms with van der Waals surface area (Å²) in [5, 5.41) is 12.3. The lowest BCUT2D eigenvalue weighted by atomic mass is 10.1. The van der Waals surface area contributed by atoms with E-state index in [1.54, 1.807) is 69.3 Å². The number of furan rings is 2. The van der Waals surface area contributed by atoms with Crippen LogP contribution in [0.1, 0.15) is 48.2 Å². The predicted octanol–water partition coefficient (Wildman–Crippen LogP) is 10.4. The van der Waals surface area contributed by atoms with Gasteiger partial charge in [-0.25, -0.2) is 4.79 Å². The highest BCUT2D eigenvalue weighted by molar-refractivity contribution is 9.10. The molecule has 1 N–H and O–H groups in total. The van der Waals surface area contributed by atoms with Gasteiger partial charge in [-0.2, -0.15) is 0 Å². The maximum absolute atomic E-state index is 13.1. The number of hydrogen-bond donors (Lipinski definition) is 1. The van der Waals surface area contributed by atoms with E-state index in [0.717, 1.165) is 34.2 Å². The standard InChI is InChI=1S/C25H24BrCl2N3O4.C20H15Cl3N2O4/c26-23-16-15-21(24(32)31-11-13-34-14-12-31)35-20(16)6-5-19(23)29-7-2-8-30(10-9-29)25(33)22-17(27)3-1-4-18(22)28;21-12-2-1-3-13(22)17(12)19(26)25-8-6-24(7-9-25)14-4-5-15-11(18(14)23)10-16(29-15)20(27)28/h1,3-6,15H,2,7-14H2;1-5,10H,6-9H2,(H,27,28). The first-order valence-electron chi connectivity index (χ1n) is 20.3. The minimum absolute atomic E-state index is 0.125. The number of carbonyl (C=O) groups excluding carboxylic acids is 3. The van der Waals surface area contributed by atoms with Crippen LogP contribution in [0.15, 0.2) is 86.1 Å². The maximum Gasteiger partial charge on any atom is 0.371 e. The Morgan fingerprint density at radius 1 is 0.531 bits per heavy atom. The lowest BCUT2D eigenvalue weighted by Crippen LogP contribution is -2.49. The van der Waals surface area contributed by atoms with Crippen molar-refractivity contribution in [3.05, 3.63) is 125 Å². The molecule has 0 aliphatic carbocycles. The highest BCUT2D eigenvalue weighted by Crippen LogP contribution is 2.38. The van der Waals surface area contributed by atoms with E-state index in [0.29, 0.717) is 131 Å². The van der Waals surface area contributed by atoms with Crippen molar-refractivity contribution < 1.29 is 37.9 Å². The second-order valence-electron chi connectivity index (χ2n) is 15.2. The van der Waals surface area contributed by atoms with Gasteiger partial charge in [0, 0.05) is 82.3 Å². The van der Waals surface area contributed by atoms with Crippen LogP contribution < -0.4 is 9.80 Å². The second-order valence-corrected chi connectivity index (χ2v) is 18.0. The Labute approximate surface area is 400 Å². The number of ether oxygens (including phenoxy) is 1. The molecule has 6 aromatic rings. The van der Waals surface area contributed by atoms with Gasteiger partial charge in [0.15, 0.2) is 5.76 Å². The number of carboxylic acid groups (broad SMARTS) is 1. The number of benzene rings is 4. The molecule has 3 amide bonds. The molecule has 0 spiro atoms. The molecule has 19 heteroatoms. The first-order valence-corrected chi connectivity index (χ1v) is 23.0. The number of carboxylic acids is 1. The number of hydrogen-bond acceptors (Lipinski definition) is 9. The number of fused-ring (bicyclic) bond motifs is 2. The molecule has 0 saturated carbocycles. The van der Waals surface area contributed by atoms with Crippen LogP contribution in [0.4, 0.5) is 11.4 Å². The smallest absolute Gasteiger partial charge is 0.371 e. The molecule has 2 aromatic heterocycles. The summed E-state index contributed by atoms with van der Waals surface area (Å²) in [6.07, 6.45) is 0.796. The molecule has 0 atom stereocenters. The maximum atomic E-state index is 13.1. The minimum Gasteiger partial charge on any atom is -0.475 e. The molecule has 334 valence electrons. The summed E-state index contributed by atoms with van der Waals surface area (Å²) in [6.45, 7) is 6.84. The number of nitrogens with zero attached hydrogens (tertiary/aromatic N) is 5. The Morgan fingerprint density at radius 3 is 1.56 bits per heavy atom. The Balaban J connectivity index is 0.000000178. The molecular formula is C45H39BrCl5N5O8. The van der Waals surface area contributed by atoms with Crippen molar-refractivity contribution in [1.29, 1.82) is 0 Å². The molecule has 0 unspecified atom stereocenters. The van der Waals surface area contributed by atoms with Gasteiger partial charge in [-0.3, -0.25) is 14.4 Å². The van der Waals surface area contributed by atoms with Crippen LogP contribution in [0.5, 0.6) is 0 Å². The molecule has 3 aliphatic heterocycles. The summed E-state index contributed by atoms with van der Waals surface area (Å²) in [4.78, 5) is 59.5. The topological polar surface area (TPSA) is 140 Å². The summed E-state index contributed by atoms with van der Waals surface area (Å²) >= 11 is 35.1. The number of halogens is 6. The van der Waals surface area contributed by atoms with Crippen molar-refractivity contribution in [3.63, 3.8) is 0 Å². The van der Waals surface area contributed by atoms with Gasteiger partial charge >= 0.3 is 5.97 Å². The van der Waals surface area contributed by atoms with E-state index in [-0.39, 0.29) is 23.5 Å². The number of rotatable bonds is 6. The Kier molecular flexibility index (Phi) is 14.2. The van der Waals surface area contributed by atoms with Crippen LogP contribution >= 0.6 is 73.9 Å². The highest BCUT2D eigenvalue weighted by atomic mass is 79.9. The quantitative estimate of drug-likeness (QED) is 0.171. The fraction of sp³-hybridized carbons (Fsp3) is 0.289. The number of anilines is 2. The number of carbonyl (C=O) groups is 4. The van der Waals surface area contributed by atoms with E-state index in [2.05, 4.69) is 20.8 Å². The van der Waals surface area contributed by atoms with E-state index in [4.69, 9.17) is 76.7 Å². The zero-order chi connectivity index (χ0) is 45.2. The molecule has 9 rings (SSSR count). The van der Waals surface area contributed by atoms with Crippen LogP contribution in [-0.4, -0.2) is 122 Å². The fourth-order valence-corrected chi connectivity index (χ4v) is 10.1. The number of amides is 3. The second kappa shape index (κ2) is 19.8. The average molecular weight is 1040 g/mol. The van der Waals surface area contributed by atoms with Gasteiger partial charge in [-0.05, 0) is 76.9 Å². The number of aromatic carboxylic acids is 1. The Bertz CT molecular complexity index is 2730. The predicted molar refractivity (Wildman–Crippen MR) is 253 cm³/mol. The fourth-order valence-electron chi connectivity index (χ4n) is 7.99. The third-order valence-electron chi connectivity index (χ3n) is 11.3. The molecule has 64 heavy (non-hydrogen) atoms. The minimum atomic E-state index is -1.15. The van der Waals surface area contributed by atoms with E-state index in [1.165, 1.54) is 6.07 Å². The largest absolute Gasteiger partial charge is 0.475 e. The zero-order valence-electron chi connectivity index (χ0n) is 33.9. The third kappa shape index (κ3) is 9.51. The Morgan fingerprint density at radius 2 is 1.00 bits per heavy atom. The van der Waals surface area contributed by atoms with Crippen molar-refractivity contribution in [3.8, 4) is 0 Å². The van der Waals surface area contributed by atoms with Crippen molar-refractivity contribution in [2.24, 2.45) is 0 Å². The lowest BCUT2D eigenvalue weighted by Gasteiger charge is -2.36. The summed E-state index contributed by atoms with van der Waals surface area (Å²) in [6, 6.07) is 20.7. The van der Waals surface area contributed by atoms with Crippen molar-refractivity contribution in [2.45, 2.75) is 6.42 Å². The zero-order valence-corrected chi connectivity index (χ0v) is 39.3. The molecule has 13 nitrogen and oxygen atoms in total. The first-order chi connectivity index (χ1) is 30.8. The van der Waals surface area contributed by atoms with Gasteiger partial charge in [0.2, 0.25) is 5.76 Å². The van der Waals surface area contributed by atoms with Crippen LogP contribution in [-0.2, 0) is 4.74 Å². The molecule has 4 aromatic carbocycles. The van der Waals surface area contributed by atoms with E-state index < -0.39 is 5.97 Å². The van der Waals surface area contributed by atoms with Gasteiger partial charge < -0.3 is 43.2 Å². The first kappa shape index (κ1) is 45.9. The normalized spacial score (nSPS) is 15.9. The average Bonchev–Trinajstić information content (AvgIpc) is 3.86. The SMILES string of the molecule is O=C(O)c1cc2c(Cl)c(N3CCN(C(=O)c4c(Cl)cccc4Cl)CC3)ccc2o1.O=C(c1cc2c(Br)c(N3CCCN(C(=O)c4c(Cl)cccc4Cl)CC3)ccc2o1)N1CCOCC1. The van der Waals surface area contributed by atoms with Crippen molar-refractivity contribution >= 4 is 131 Å². The highest BCUT2D eigenvalue weighted by Gasteiger charge is 2.29. The molecule has 3 fully saturated rings. The van der Waals surface area contributed by atoms with Crippen LogP contribution in [0.2, 0.25) is 25.1 Å². The molecule has 3 saturated heterocycles. The van der Waals surface area contributed by atoms with Gasteiger partial charge in [0.25, 0.3) is 17.7 Å². The van der Waals surface area contributed by atoms with Crippen molar-refractivity contribution in [2.75, 3.05) is 88.5 Å². The lowest BCUT2D eigenvalue weighted by molar-refractivity contribution is 0.0284. The van der Waals surface area contributed by atoms with Gasteiger partial charge in [-0.15, -0.1) is 0 Å². The summed E-state index contributed by atoms with van der Waals surface area (Å²) in [5.74, 6) is -1.47. The van der Waals surface area contributed by atoms with Crippen LogP contribution in [0.25, 0.3) is 21.9 Å². The molecule has 3 aliphatic rings. The summed E-state index contributed by atoms with van der Waals surface area (Å²) in [7, 11) is 0. The van der Waals surface area contributed by atoms with Crippen LogP contribution in [0.3, 0.4) is 0 Å². The molecule has 0 bridgehead atoms. The molecule has 0 radical (unpaired) electrons. The van der Waals surface area contributed by atoms with E-state index in [1.807, 2.05) is 17.0 Å².